The Kier molecular flexibility index (Phi) is 7.25. The average molecular weight is 432 g/mol. The normalized spacial score (nSPS) is 20.3. The third-order valence-electron chi connectivity index (χ3n) is 5.59. The summed E-state index contributed by atoms with van der Waals surface area (Å²) in [4.78, 5) is 13.4. The Hall–Kier alpha value is -2.97. The number of aliphatic hydroxyl groups excluding tert-OH is 1. The standard InChI is InChI=1S/C23H28O8/c1-26-17-7-6-13(8-18(17)27-2)22-15(11-24)16(12-31-22)21(25)14-9-19(28-3)23(30-5)20(10-14)29-4/h6-10,15-16,22,24H,11-12H2,1-5H3/t15-,16+,22-/m0/s1. The van der Waals surface area contributed by atoms with Crippen molar-refractivity contribution in [2.24, 2.45) is 11.8 Å². The van der Waals surface area contributed by atoms with Gasteiger partial charge in [0.05, 0.1) is 54.2 Å². The number of Topliss-reactive ketones (excluding diaryl/α,β-unsaturated/α-hetero) is 1. The van der Waals surface area contributed by atoms with Crippen LogP contribution in [0.3, 0.4) is 0 Å². The van der Waals surface area contributed by atoms with Gasteiger partial charge in [0.2, 0.25) is 5.75 Å². The number of hydrogen-bond acceptors (Lipinski definition) is 8. The fraction of sp³-hybridized carbons (Fsp3) is 0.435. The number of rotatable bonds is 9. The van der Waals surface area contributed by atoms with Crippen molar-refractivity contribution in [3.63, 3.8) is 0 Å². The van der Waals surface area contributed by atoms with Crippen molar-refractivity contribution < 1.29 is 38.3 Å². The summed E-state index contributed by atoms with van der Waals surface area (Å²) in [6, 6.07) is 8.66. The molecule has 2 aromatic rings. The summed E-state index contributed by atoms with van der Waals surface area (Å²) in [7, 11) is 7.60. The molecular formula is C23H28O8. The van der Waals surface area contributed by atoms with Crippen LogP contribution in [0.2, 0.25) is 0 Å². The van der Waals surface area contributed by atoms with Crippen LogP contribution in [0.25, 0.3) is 0 Å². The Balaban J connectivity index is 1.92. The van der Waals surface area contributed by atoms with Crippen molar-refractivity contribution >= 4 is 5.78 Å². The zero-order valence-electron chi connectivity index (χ0n) is 18.3. The third kappa shape index (κ3) is 4.26. The maximum Gasteiger partial charge on any atom is 0.203 e. The minimum absolute atomic E-state index is 0.165. The number of carbonyl (C=O) groups excluding carboxylic acids is 1. The molecule has 0 aliphatic carbocycles. The van der Waals surface area contributed by atoms with Crippen molar-refractivity contribution in [1.82, 2.24) is 0 Å². The largest absolute Gasteiger partial charge is 0.493 e. The molecule has 0 bridgehead atoms. The van der Waals surface area contributed by atoms with Crippen molar-refractivity contribution in [3.05, 3.63) is 41.5 Å². The smallest absolute Gasteiger partial charge is 0.203 e. The molecule has 0 spiro atoms. The van der Waals surface area contributed by atoms with Crippen LogP contribution in [0, 0.1) is 11.8 Å². The summed E-state index contributed by atoms with van der Waals surface area (Å²) < 4.78 is 32.7. The first-order valence-electron chi connectivity index (χ1n) is 9.81. The maximum absolute atomic E-state index is 13.4. The highest BCUT2D eigenvalue weighted by Crippen LogP contribution is 2.44. The predicted molar refractivity (Wildman–Crippen MR) is 113 cm³/mol. The first-order valence-corrected chi connectivity index (χ1v) is 9.81. The van der Waals surface area contributed by atoms with Crippen molar-refractivity contribution in [2.75, 3.05) is 48.8 Å². The van der Waals surface area contributed by atoms with E-state index in [9.17, 15) is 9.90 Å². The number of carbonyl (C=O) groups is 1. The van der Waals surface area contributed by atoms with Crippen molar-refractivity contribution in [1.29, 1.82) is 0 Å². The van der Waals surface area contributed by atoms with Gasteiger partial charge in [-0.05, 0) is 29.8 Å². The summed E-state index contributed by atoms with van der Waals surface area (Å²) in [6.07, 6.45) is -0.458. The van der Waals surface area contributed by atoms with Crippen LogP contribution in [0.5, 0.6) is 28.7 Å². The Bertz CT molecular complexity index is 901. The second-order valence-electron chi connectivity index (χ2n) is 7.10. The number of methoxy groups -OCH3 is 5. The average Bonchev–Trinajstić information content (AvgIpc) is 3.25. The highest BCUT2D eigenvalue weighted by Gasteiger charge is 2.42. The quantitative estimate of drug-likeness (QED) is 0.605. The number of hydrogen-bond donors (Lipinski definition) is 1. The fourth-order valence-corrected chi connectivity index (χ4v) is 3.97. The van der Waals surface area contributed by atoms with Gasteiger partial charge in [0.25, 0.3) is 0 Å². The molecule has 0 amide bonds. The Labute approximate surface area is 181 Å². The molecule has 8 heteroatoms. The summed E-state index contributed by atoms with van der Waals surface area (Å²) in [5, 5.41) is 10.1. The summed E-state index contributed by atoms with van der Waals surface area (Å²) in [5.41, 5.74) is 1.20. The molecule has 1 heterocycles. The molecule has 2 aromatic carbocycles. The van der Waals surface area contributed by atoms with E-state index in [1.54, 1.807) is 38.5 Å². The van der Waals surface area contributed by atoms with E-state index < -0.39 is 17.9 Å². The van der Waals surface area contributed by atoms with Gasteiger partial charge in [0.15, 0.2) is 28.8 Å². The lowest BCUT2D eigenvalue weighted by Gasteiger charge is -2.22. The molecule has 0 radical (unpaired) electrons. The molecular weight excluding hydrogens is 404 g/mol. The maximum atomic E-state index is 13.4. The summed E-state index contributed by atoms with van der Waals surface area (Å²) in [5.74, 6) is 1.21. The SMILES string of the molecule is COc1ccc([C@@H]2OC[C@@H](C(=O)c3cc(OC)c(OC)c(OC)c3)[C@@H]2CO)cc1OC. The molecule has 1 aliphatic rings. The molecule has 168 valence electrons. The Morgan fingerprint density at radius 3 is 2.03 bits per heavy atom. The lowest BCUT2D eigenvalue weighted by Crippen LogP contribution is -2.26. The van der Waals surface area contributed by atoms with E-state index in [0.29, 0.717) is 34.3 Å². The lowest BCUT2D eigenvalue weighted by molar-refractivity contribution is 0.0713. The van der Waals surface area contributed by atoms with E-state index in [1.807, 2.05) is 6.07 Å². The second kappa shape index (κ2) is 9.89. The Morgan fingerprint density at radius 1 is 0.903 bits per heavy atom. The number of aliphatic hydroxyl groups is 1. The van der Waals surface area contributed by atoms with Crippen LogP contribution in [0.1, 0.15) is 22.0 Å². The Morgan fingerprint density at radius 2 is 1.52 bits per heavy atom. The zero-order chi connectivity index (χ0) is 22.5. The van der Waals surface area contributed by atoms with Gasteiger partial charge >= 0.3 is 0 Å². The highest BCUT2D eigenvalue weighted by atomic mass is 16.5. The molecule has 1 N–H and O–H groups in total. The third-order valence-corrected chi connectivity index (χ3v) is 5.59. The first-order chi connectivity index (χ1) is 15.0. The van der Waals surface area contributed by atoms with Gasteiger partial charge in [-0.25, -0.2) is 0 Å². The minimum Gasteiger partial charge on any atom is -0.493 e. The molecule has 0 aromatic heterocycles. The monoisotopic (exact) mass is 432 g/mol. The van der Waals surface area contributed by atoms with E-state index in [-0.39, 0.29) is 19.0 Å². The van der Waals surface area contributed by atoms with Gasteiger partial charge in [0.1, 0.15) is 0 Å². The van der Waals surface area contributed by atoms with Gasteiger partial charge in [-0.3, -0.25) is 4.79 Å². The molecule has 3 atom stereocenters. The lowest BCUT2D eigenvalue weighted by atomic mass is 9.83. The minimum atomic E-state index is -0.536. The topological polar surface area (TPSA) is 92.7 Å². The van der Waals surface area contributed by atoms with Gasteiger partial charge in [-0.1, -0.05) is 6.07 Å². The van der Waals surface area contributed by atoms with E-state index in [1.165, 1.54) is 21.3 Å². The summed E-state index contributed by atoms with van der Waals surface area (Å²) >= 11 is 0. The second-order valence-corrected chi connectivity index (χ2v) is 7.10. The van der Waals surface area contributed by atoms with Gasteiger partial charge < -0.3 is 33.5 Å². The molecule has 0 saturated carbocycles. The van der Waals surface area contributed by atoms with Crippen molar-refractivity contribution in [3.8, 4) is 28.7 Å². The number of ketones is 1. The van der Waals surface area contributed by atoms with Crippen LogP contribution in [0.4, 0.5) is 0 Å². The number of ether oxygens (including phenoxy) is 6. The molecule has 0 unspecified atom stereocenters. The molecule has 8 nitrogen and oxygen atoms in total. The van der Waals surface area contributed by atoms with Gasteiger partial charge in [-0.2, -0.15) is 0 Å². The fourth-order valence-electron chi connectivity index (χ4n) is 3.97. The molecule has 1 aliphatic heterocycles. The van der Waals surface area contributed by atoms with Crippen LogP contribution >= 0.6 is 0 Å². The van der Waals surface area contributed by atoms with Crippen LogP contribution in [0.15, 0.2) is 30.3 Å². The van der Waals surface area contributed by atoms with Crippen molar-refractivity contribution in [2.45, 2.75) is 6.10 Å². The molecule has 1 saturated heterocycles. The van der Waals surface area contributed by atoms with Gasteiger partial charge in [0, 0.05) is 18.1 Å². The predicted octanol–water partition coefficient (Wildman–Crippen LogP) is 2.91. The van der Waals surface area contributed by atoms with E-state index >= 15 is 0 Å². The van der Waals surface area contributed by atoms with Crippen LogP contribution in [-0.4, -0.2) is 59.7 Å². The molecule has 1 fully saturated rings. The van der Waals surface area contributed by atoms with E-state index in [0.717, 1.165) is 5.56 Å². The molecule has 3 rings (SSSR count). The van der Waals surface area contributed by atoms with Crippen LogP contribution in [-0.2, 0) is 4.74 Å². The molecule has 31 heavy (non-hydrogen) atoms. The van der Waals surface area contributed by atoms with E-state index in [2.05, 4.69) is 0 Å². The summed E-state index contributed by atoms with van der Waals surface area (Å²) in [6.45, 7) is -0.0282. The van der Waals surface area contributed by atoms with E-state index in [4.69, 9.17) is 28.4 Å². The first kappa shape index (κ1) is 22.7. The highest BCUT2D eigenvalue weighted by molar-refractivity contribution is 5.99. The van der Waals surface area contributed by atoms with Crippen LogP contribution < -0.4 is 23.7 Å². The van der Waals surface area contributed by atoms with Gasteiger partial charge in [-0.15, -0.1) is 0 Å². The number of benzene rings is 2. The zero-order valence-corrected chi connectivity index (χ0v) is 18.3.